The third-order valence-electron chi connectivity index (χ3n) is 5.56. The number of anilines is 1. The topological polar surface area (TPSA) is 75.5 Å². The van der Waals surface area contributed by atoms with Gasteiger partial charge in [0.1, 0.15) is 11.9 Å². The Kier molecular flexibility index (Phi) is 5.48. The minimum Gasteiger partial charge on any atom is -0.356 e. The molecular weight excluding hydrogens is 378 g/mol. The van der Waals surface area contributed by atoms with Crippen LogP contribution in [0.1, 0.15) is 41.0 Å². The fourth-order valence-corrected chi connectivity index (χ4v) is 4.00. The number of nitrogens with zero attached hydrogens (tertiary/aromatic N) is 2. The highest BCUT2D eigenvalue weighted by molar-refractivity contribution is 5.99. The van der Waals surface area contributed by atoms with Crippen LogP contribution in [0.5, 0.6) is 0 Å². The van der Waals surface area contributed by atoms with Gasteiger partial charge in [-0.05, 0) is 37.5 Å². The number of hydrogen-bond acceptors (Lipinski definition) is 4. The summed E-state index contributed by atoms with van der Waals surface area (Å²) >= 11 is 0. The summed E-state index contributed by atoms with van der Waals surface area (Å²) in [7, 11) is 0. The number of fused-ring (bicyclic) bond motifs is 1. The Morgan fingerprint density at radius 1 is 1.00 bits per heavy atom. The van der Waals surface area contributed by atoms with Gasteiger partial charge in [-0.3, -0.25) is 14.9 Å². The van der Waals surface area contributed by atoms with E-state index in [4.69, 9.17) is 0 Å². The molecule has 0 aromatic heterocycles. The summed E-state index contributed by atoms with van der Waals surface area (Å²) in [4.78, 5) is 26.1. The molecule has 0 bridgehead atoms. The molecule has 0 saturated carbocycles. The molecule has 6 heteroatoms. The maximum absolute atomic E-state index is 13.2. The summed E-state index contributed by atoms with van der Waals surface area (Å²) in [6.45, 7) is 2.03. The second-order valence-electron chi connectivity index (χ2n) is 7.49. The van der Waals surface area contributed by atoms with E-state index in [1.165, 1.54) is 11.6 Å². The molecule has 3 aromatic carbocycles. The number of benzene rings is 3. The molecule has 1 aliphatic heterocycles. The zero-order chi connectivity index (χ0) is 21.1. The van der Waals surface area contributed by atoms with Crippen LogP contribution in [0.4, 0.5) is 11.4 Å². The van der Waals surface area contributed by atoms with Crippen LogP contribution in [-0.2, 0) is 6.42 Å². The number of aryl methyl sites for hydroxylation is 1. The Balaban J connectivity index is 1.63. The van der Waals surface area contributed by atoms with Crippen molar-refractivity contribution < 1.29 is 9.72 Å². The zero-order valence-corrected chi connectivity index (χ0v) is 16.7. The van der Waals surface area contributed by atoms with Gasteiger partial charge in [0.2, 0.25) is 0 Å². The summed E-state index contributed by atoms with van der Waals surface area (Å²) in [6.07, 6.45) is 1.18. The number of nitrogens with one attached hydrogen (secondary N) is 1. The van der Waals surface area contributed by atoms with Crippen LogP contribution >= 0.6 is 0 Å². The van der Waals surface area contributed by atoms with Crippen LogP contribution in [-0.4, -0.2) is 21.8 Å². The summed E-state index contributed by atoms with van der Waals surface area (Å²) < 4.78 is 0. The largest absolute Gasteiger partial charge is 0.356 e. The molecule has 6 nitrogen and oxygen atoms in total. The van der Waals surface area contributed by atoms with Gasteiger partial charge in [0.05, 0.1) is 4.92 Å². The van der Waals surface area contributed by atoms with Gasteiger partial charge in [-0.25, -0.2) is 0 Å². The van der Waals surface area contributed by atoms with Gasteiger partial charge in [-0.1, -0.05) is 60.7 Å². The Labute approximate surface area is 175 Å². The van der Waals surface area contributed by atoms with E-state index in [0.717, 1.165) is 18.4 Å². The van der Waals surface area contributed by atoms with Gasteiger partial charge in [0.15, 0.2) is 0 Å². The number of carbonyl (C=O) groups is 1. The normalized spacial score (nSPS) is 16.2. The average molecular weight is 401 g/mol. The quantitative estimate of drug-likeness (QED) is 0.437. The molecule has 2 atom stereocenters. The first-order valence-electron chi connectivity index (χ1n) is 10.0. The van der Waals surface area contributed by atoms with Gasteiger partial charge in [0.25, 0.3) is 11.6 Å². The molecule has 0 spiro atoms. The summed E-state index contributed by atoms with van der Waals surface area (Å²) in [5.41, 5.74) is 3.09. The molecule has 152 valence electrons. The molecule has 4 rings (SSSR count). The predicted octanol–water partition coefficient (Wildman–Crippen LogP) is 5.18. The zero-order valence-electron chi connectivity index (χ0n) is 16.7. The minimum absolute atomic E-state index is 0.00813. The predicted molar refractivity (Wildman–Crippen MR) is 116 cm³/mol. The maximum Gasteiger partial charge on any atom is 0.292 e. The van der Waals surface area contributed by atoms with Crippen molar-refractivity contribution >= 4 is 17.3 Å². The third-order valence-corrected chi connectivity index (χ3v) is 5.56. The fraction of sp³-hybridized carbons (Fsp3) is 0.208. The van der Waals surface area contributed by atoms with Gasteiger partial charge in [-0.2, -0.15) is 0 Å². The fourth-order valence-electron chi connectivity index (χ4n) is 4.00. The number of nitro benzene ring substituents is 1. The van der Waals surface area contributed by atoms with Crippen molar-refractivity contribution in [2.75, 3.05) is 5.32 Å². The van der Waals surface area contributed by atoms with Gasteiger partial charge < -0.3 is 10.2 Å². The highest BCUT2D eigenvalue weighted by Crippen LogP contribution is 2.38. The number of rotatable bonds is 7. The number of carbonyl (C=O) groups excluding carboxylic acids is 1. The van der Waals surface area contributed by atoms with Crippen molar-refractivity contribution in [3.8, 4) is 0 Å². The van der Waals surface area contributed by atoms with E-state index < -0.39 is 11.1 Å². The highest BCUT2D eigenvalue weighted by atomic mass is 16.6. The standard InChI is InChI=1S/C24H23N3O3/c1-17(15-16-18-9-3-2-4-10-18)26-23(19-11-5-6-12-20(19)24(26)28)25-21-13-7-8-14-22(21)27(29)30/h2-14,17,23,25H,15-16H2,1H3/t17-,23-/m0/s1. The van der Waals surface area contributed by atoms with Crippen molar-refractivity contribution in [3.63, 3.8) is 0 Å². The summed E-state index contributed by atoms with van der Waals surface area (Å²) in [6, 6.07) is 24.1. The molecule has 1 amide bonds. The second kappa shape index (κ2) is 8.37. The van der Waals surface area contributed by atoms with Gasteiger partial charge >= 0.3 is 0 Å². The lowest BCUT2D eigenvalue weighted by atomic mass is 10.0. The Morgan fingerprint density at radius 2 is 1.67 bits per heavy atom. The van der Waals surface area contributed by atoms with Crippen molar-refractivity contribution in [1.82, 2.24) is 4.90 Å². The smallest absolute Gasteiger partial charge is 0.292 e. The lowest BCUT2D eigenvalue weighted by Gasteiger charge is -2.32. The molecule has 30 heavy (non-hydrogen) atoms. The van der Waals surface area contributed by atoms with Crippen LogP contribution in [0.25, 0.3) is 0 Å². The van der Waals surface area contributed by atoms with E-state index in [1.54, 1.807) is 18.2 Å². The average Bonchev–Trinajstić information content (AvgIpc) is 3.05. The van der Waals surface area contributed by atoms with E-state index in [9.17, 15) is 14.9 Å². The summed E-state index contributed by atoms with van der Waals surface area (Å²) in [5, 5.41) is 14.7. The van der Waals surface area contributed by atoms with Gasteiger partial charge in [-0.15, -0.1) is 0 Å². The van der Waals surface area contributed by atoms with E-state index >= 15 is 0 Å². The molecule has 0 fully saturated rings. The third kappa shape index (κ3) is 3.76. The number of amides is 1. The molecule has 1 aliphatic rings. The van der Waals surface area contributed by atoms with Crippen molar-refractivity contribution in [2.24, 2.45) is 0 Å². The lowest BCUT2D eigenvalue weighted by molar-refractivity contribution is -0.384. The molecule has 0 unspecified atom stereocenters. The maximum atomic E-state index is 13.2. The van der Waals surface area contributed by atoms with E-state index in [-0.39, 0.29) is 17.6 Å². The first-order chi connectivity index (χ1) is 14.6. The molecule has 0 saturated heterocycles. The molecular formula is C24H23N3O3. The Morgan fingerprint density at radius 3 is 2.43 bits per heavy atom. The molecule has 0 aliphatic carbocycles. The minimum atomic E-state index is -0.458. The Bertz CT molecular complexity index is 1070. The van der Waals surface area contributed by atoms with Crippen LogP contribution in [0.2, 0.25) is 0 Å². The van der Waals surface area contributed by atoms with Crippen molar-refractivity contribution in [2.45, 2.75) is 32.0 Å². The highest BCUT2D eigenvalue weighted by Gasteiger charge is 2.39. The number of nitro groups is 1. The first kappa shape index (κ1) is 19.6. The molecule has 1 N–H and O–H groups in total. The summed E-state index contributed by atoms with van der Waals surface area (Å²) in [5.74, 6) is -0.0535. The van der Waals surface area contributed by atoms with E-state index in [0.29, 0.717) is 11.3 Å². The number of para-hydroxylation sites is 2. The van der Waals surface area contributed by atoms with E-state index in [2.05, 4.69) is 17.4 Å². The van der Waals surface area contributed by atoms with Crippen molar-refractivity contribution in [3.05, 3.63) is 106 Å². The first-order valence-corrected chi connectivity index (χ1v) is 10.0. The molecule has 1 heterocycles. The lowest BCUT2D eigenvalue weighted by Crippen LogP contribution is -2.39. The second-order valence-corrected chi connectivity index (χ2v) is 7.49. The van der Waals surface area contributed by atoms with Crippen LogP contribution in [0.15, 0.2) is 78.9 Å². The molecule has 0 radical (unpaired) electrons. The Hall–Kier alpha value is -3.67. The van der Waals surface area contributed by atoms with E-state index in [1.807, 2.05) is 54.3 Å². The van der Waals surface area contributed by atoms with Gasteiger partial charge in [0, 0.05) is 23.2 Å². The van der Waals surface area contributed by atoms with Crippen LogP contribution in [0, 0.1) is 10.1 Å². The molecule has 3 aromatic rings. The SMILES string of the molecule is C[C@@H](CCc1ccccc1)N1C(=O)c2ccccc2[C@H]1Nc1ccccc1[N+](=O)[O-]. The number of hydrogen-bond donors (Lipinski definition) is 1. The van der Waals surface area contributed by atoms with Crippen molar-refractivity contribution in [1.29, 1.82) is 0 Å². The van der Waals surface area contributed by atoms with Crippen LogP contribution in [0.3, 0.4) is 0 Å². The monoisotopic (exact) mass is 401 g/mol. The van der Waals surface area contributed by atoms with Crippen LogP contribution < -0.4 is 5.32 Å².